The topological polar surface area (TPSA) is 42.9 Å². The molecule has 132 valence electrons. The van der Waals surface area contributed by atoms with E-state index in [-0.39, 0.29) is 5.41 Å². The van der Waals surface area contributed by atoms with E-state index >= 15 is 0 Å². The van der Waals surface area contributed by atoms with E-state index in [0.717, 1.165) is 39.3 Å². The van der Waals surface area contributed by atoms with Crippen LogP contribution in [0.25, 0.3) is 0 Å². The first-order chi connectivity index (χ1) is 12.2. The van der Waals surface area contributed by atoms with Gasteiger partial charge in [-0.25, -0.2) is 0 Å². The Morgan fingerprint density at radius 2 is 1.92 bits per heavy atom. The number of rotatable bonds is 4. The van der Waals surface area contributed by atoms with Gasteiger partial charge in [-0.3, -0.25) is 5.43 Å². The summed E-state index contributed by atoms with van der Waals surface area (Å²) in [7, 11) is 0. The van der Waals surface area contributed by atoms with E-state index in [9.17, 15) is 0 Å². The number of fused-ring (bicyclic) bond motifs is 1. The lowest BCUT2D eigenvalue weighted by Crippen LogP contribution is -2.64. The Balaban J connectivity index is 1.69. The maximum atomic E-state index is 5.33. The molecule has 5 nitrogen and oxygen atoms in total. The highest BCUT2D eigenvalue weighted by atomic mass is 32.1. The van der Waals surface area contributed by atoms with E-state index in [4.69, 9.17) is 17.3 Å². The second kappa shape index (κ2) is 6.86. The lowest BCUT2D eigenvalue weighted by Gasteiger charge is -2.50. The Kier molecular flexibility index (Phi) is 4.58. The van der Waals surface area contributed by atoms with Crippen molar-refractivity contribution in [2.45, 2.75) is 5.41 Å². The first kappa shape index (κ1) is 16.7. The third kappa shape index (κ3) is 3.10. The summed E-state index contributed by atoms with van der Waals surface area (Å²) in [6.45, 7) is 10.9. The van der Waals surface area contributed by atoms with Gasteiger partial charge in [-0.2, -0.15) is 5.10 Å². The van der Waals surface area contributed by atoms with E-state index in [1.54, 1.807) is 6.08 Å². The van der Waals surface area contributed by atoms with Crippen molar-refractivity contribution in [3.05, 3.63) is 48.6 Å². The molecule has 0 spiro atoms. The standard InChI is InChI=1S/C19H25N5S/c1-2-8-20-18(25)22-21-17-15-11-23-9-10-24(12-15)14-19(17,13-23)16-6-4-3-5-7-16/h2-7,15H,1,8-14H2,(H2,20,22,25). The number of benzene rings is 1. The number of piperidine rings is 2. The van der Waals surface area contributed by atoms with Gasteiger partial charge in [-0.05, 0) is 17.8 Å². The zero-order valence-corrected chi connectivity index (χ0v) is 15.3. The molecule has 4 heterocycles. The van der Waals surface area contributed by atoms with E-state index in [1.807, 2.05) is 0 Å². The summed E-state index contributed by atoms with van der Waals surface area (Å²) in [6, 6.07) is 10.9. The molecule has 0 aromatic heterocycles. The second-order valence-electron chi connectivity index (χ2n) is 7.22. The number of nitrogens with zero attached hydrogens (tertiary/aromatic N) is 3. The zero-order chi connectivity index (χ0) is 17.3. The number of nitrogens with one attached hydrogen (secondary N) is 2. The molecule has 4 bridgehead atoms. The van der Waals surface area contributed by atoms with Gasteiger partial charge in [0.05, 0.1) is 11.1 Å². The monoisotopic (exact) mass is 355 g/mol. The third-order valence-electron chi connectivity index (χ3n) is 5.56. The molecule has 6 heteroatoms. The molecule has 0 radical (unpaired) electrons. The molecule has 4 saturated heterocycles. The molecule has 4 aliphatic heterocycles. The molecular weight excluding hydrogens is 330 g/mol. The minimum absolute atomic E-state index is 0.0417. The Labute approximate surface area is 154 Å². The molecule has 2 atom stereocenters. The summed E-state index contributed by atoms with van der Waals surface area (Å²) in [4.78, 5) is 5.22. The zero-order valence-electron chi connectivity index (χ0n) is 14.4. The maximum Gasteiger partial charge on any atom is 0.187 e. The van der Waals surface area contributed by atoms with Crippen molar-refractivity contribution in [1.82, 2.24) is 20.5 Å². The smallest absolute Gasteiger partial charge is 0.187 e. The van der Waals surface area contributed by atoms with Crippen LogP contribution in [-0.2, 0) is 5.41 Å². The molecule has 2 N–H and O–H groups in total. The molecule has 1 aromatic carbocycles. The lowest BCUT2D eigenvalue weighted by molar-refractivity contribution is 0.163. The summed E-state index contributed by atoms with van der Waals surface area (Å²) in [5, 5.41) is 8.49. The summed E-state index contributed by atoms with van der Waals surface area (Å²) in [5.41, 5.74) is 5.67. The van der Waals surface area contributed by atoms with Gasteiger partial charge in [-0.15, -0.1) is 6.58 Å². The summed E-state index contributed by atoms with van der Waals surface area (Å²) < 4.78 is 0. The fraction of sp³-hybridized carbons (Fsp3) is 0.474. The van der Waals surface area contributed by atoms with Gasteiger partial charge in [0, 0.05) is 51.7 Å². The van der Waals surface area contributed by atoms with Crippen LogP contribution in [0, 0.1) is 5.92 Å². The van der Waals surface area contributed by atoms with Gasteiger partial charge >= 0.3 is 0 Å². The minimum Gasteiger partial charge on any atom is -0.358 e. The maximum absolute atomic E-state index is 5.33. The summed E-state index contributed by atoms with van der Waals surface area (Å²) in [5.74, 6) is 0.458. The van der Waals surface area contributed by atoms with Gasteiger partial charge in [0.15, 0.2) is 5.11 Å². The highest BCUT2D eigenvalue weighted by Crippen LogP contribution is 2.40. The predicted octanol–water partition coefficient (Wildman–Crippen LogP) is 1.19. The van der Waals surface area contributed by atoms with Crippen LogP contribution < -0.4 is 10.7 Å². The Hall–Kier alpha value is -1.76. The van der Waals surface area contributed by atoms with Gasteiger partial charge < -0.3 is 15.1 Å². The molecule has 4 fully saturated rings. The van der Waals surface area contributed by atoms with Crippen LogP contribution in [0.1, 0.15) is 5.56 Å². The van der Waals surface area contributed by atoms with Gasteiger partial charge in [0.2, 0.25) is 0 Å². The molecule has 4 aliphatic rings. The number of hydrazone groups is 1. The molecule has 2 unspecified atom stereocenters. The van der Waals surface area contributed by atoms with Gasteiger partial charge in [0.25, 0.3) is 0 Å². The minimum atomic E-state index is -0.0417. The highest BCUT2D eigenvalue weighted by Gasteiger charge is 2.53. The molecular formula is C19H25N5S. The first-order valence-electron chi connectivity index (χ1n) is 8.94. The van der Waals surface area contributed by atoms with Crippen molar-refractivity contribution < 1.29 is 0 Å². The SMILES string of the molecule is C=CCNC(=S)NN=C1C2CN3CCN(C2)CC1(c1ccccc1)C3. The summed E-state index contributed by atoms with van der Waals surface area (Å²) >= 11 is 5.33. The molecule has 25 heavy (non-hydrogen) atoms. The molecule has 1 aromatic rings. The van der Waals surface area contributed by atoms with Crippen LogP contribution in [0.15, 0.2) is 48.1 Å². The average Bonchev–Trinajstić information content (AvgIpc) is 2.88. The van der Waals surface area contributed by atoms with Crippen molar-refractivity contribution in [3.63, 3.8) is 0 Å². The Morgan fingerprint density at radius 3 is 2.56 bits per heavy atom. The van der Waals surface area contributed by atoms with Crippen molar-refractivity contribution in [2.24, 2.45) is 11.0 Å². The van der Waals surface area contributed by atoms with E-state index < -0.39 is 0 Å². The summed E-state index contributed by atoms with van der Waals surface area (Å²) in [6.07, 6.45) is 1.79. The fourth-order valence-electron chi connectivity index (χ4n) is 4.57. The number of hydrogen-bond acceptors (Lipinski definition) is 4. The molecule has 0 saturated carbocycles. The average molecular weight is 356 g/mol. The van der Waals surface area contributed by atoms with Crippen LogP contribution >= 0.6 is 12.2 Å². The Morgan fingerprint density at radius 1 is 1.24 bits per heavy atom. The largest absolute Gasteiger partial charge is 0.358 e. The van der Waals surface area contributed by atoms with Crippen molar-refractivity contribution in [1.29, 1.82) is 0 Å². The second-order valence-corrected chi connectivity index (χ2v) is 7.63. The van der Waals surface area contributed by atoms with E-state index in [2.05, 4.69) is 57.5 Å². The highest BCUT2D eigenvalue weighted by molar-refractivity contribution is 7.80. The first-order valence-corrected chi connectivity index (χ1v) is 9.35. The quantitative estimate of drug-likeness (QED) is 0.483. The predicted molar refractivity (Wildman–Crippen MR) is 106 cm³/mol. The third-order valence-corrected chi connectivity index (χ3v) is 5.80. The van der Waals surface area contributed by atoms with Crippen LogP contribution in [0.2, 0.25) is 0 Å². The molecule has 0 amide bonds. The van der Waals surface area contributed by atoms with Crippen molar-refractivity contribution in [3.8, 4) is 0 Å². The van der Waals surface area contributed by atoms with Crippen molar-refractivity contribution in [2.75, 3.05) is 45.8 Å². The van der Waals surface area contributed by atoms with Crippen LogP contribution in [0.3, 0.4) is 0 Å². The normalized spacial score (nSPS) is 34.6. The van der Waals surface area contributed by atoms with E-state index in [1.165, 1.54) is 11.3 Å². The van der Waals surface area contributed by atoms with Gasteiger partial charge in [0.1, 0.15) is 0 Å². The van der Waals surface area contributed by atoms with Crippen LogP contribution in [-0.4, -0.2) is 66.4 Å². The molecule has 5 rings (SSSR count). The van der Waals surface area contributed by atoms with Crippen molar-refractivity contribution >= 4 is 23.0 Å². The lowest BCUT2D eigenvalue weighted by atomic mass is 9.66. The fourth-order valence-corrected chi connectivity index (χ4v) is 4.70. The van der Waals surface area contributed by atoms with Crippen LogP contribution in [0.4, 0.5) is 0 Å². The van der Waals surface area contributed by atoms with Gasteiger partial charge in [-0.1, -0.05) is 36.4 Å². The Bertz CT molecular complexity index is 670. The number of hydrogen-bond donors (Lipinski definition) is 2. The van der Waals surface area contributed by atoms with Crippen LogP contribution in [0.5, 0.6) is 0 Å². The number of thiocarbonyl (C=S) groups is 1. The molecule has 0 aliphatic carbocycles. The van der Waals surface area contributed by atoms with E-state index in [0.29, 0.717) is 17.6 Å².